The van der Waals surface area contributed by atoms with Crippen molar-refractivity contribution in [3.8, 4) is 0 Å². The number of hydrogen-bond donors (Lipinski definition) is 6. The van der Waals surface area contributed by atoms with Crippen LogP contribution in [0.1, 0.15) is 41.5 Å². The molecule has 0 aromatic heterocycles. The topological polar surface area (TPSA) is 121 Å². The van der Waals surface area contributed by atoms with Crippen molar-refractivity contribution in [2.45, 2.75) is 59.9 Å². The summed E-state index contributed by atoms with van der Waals surface area (Å²) >= 11 is 0. The van der Waals surface area contributed by atoms with Crippen molar-refractivity contribution in [3.63, 3.8) is 0 Å². The van der Waals surface area contributed by atoms with E-state index < -0.39 is 7.32 Å². The second-order valence-corrected chi connectivity index (χ2v) is 3.63. The Morgan fingerprint density at radius 1 is 0.562 bits per heavy atom. The Bertz CT molecular complexity index is 63.0. The summed E-state index contributed by atoms with van der Waals surface area (Å²) in [5.74, 6) is 0. The lowest BCUT2D eigenvalue weighted by molar-refractivity contribution is 0.215. The Morgan fingerprint density at radius 3 is 0.562 bits per heavy atom. The molecule has 0 saturated heterocycles. The third-order valence-electron chi connectivity index (χ3n) is 0. The van der Waals surface area contributed by atoms with Gasteiger partial charge in [0.05, 0.1) is 0 Å². The lowest BCUT2D eigenvalue weighted by atomic mass is 10.3. The van der Waals surface area contributed by atoms with Crippen molar-refractivity contribution in [1.29, 1.82) is 0 Å². The molecule has 0 amide bonds. The number of aliphatic hydroxyl groups excluding tert-OH is 3. The molecule has 0 atom stereocenters. The zero-order valence-electron chi connectivity index (χ0n) is 11.0. The predicted molar refractivity (Wildman–Crippen MR) is 64.5 cm³/mol. The van der Waals surface area contributed by atoms with Crippen LogP contribution < -0.4 is 0 Å². The standard InChI is InChI=1S/3C3H8O.BH3O3/c3*1-3(2)4;2-1(3)4/h3*3-4H,1-2H3;2-4H. The summed E-state index contributed by atoms with van der Waals surface area (Å²) in [6, 6.07) is 0. The highest BCUT2D eigenvalue weighted by Crippen LogP contribution is 1.65. The van der Waals surface area contributed by atoms with E-state index in [2.05, 4.69) is 0 Å². The molecule has 6 N–H and O–H groups in total. The Balaban J connectivity index is -0.0000000600. The summed E-state index contributed by atoms with van der Waals surface area (Å²) in [6.07, 6.45) is -0.500. The van der Waals surface area contributed by atoms with E-state index in [4.69, 9.17) is 30.4 Å². The molecule has 0 fully saturated rings. The van der Waals surface area contributed by atoms with Gasteiger partial charge in [0.15, 0.2) is 0 Å². The van der Waals surface area contributed by atoms with Gasteiger partial charge in [-0.05, 0) is 41.5 Å². The van der Waals surface area contributed by atoms with Crippen LogP contribution in [0.2, 0.25) is 0 Å². The Kier molecular flexibility index (Phi) is 31.5. The maximum absolute atomic E-state index is 8.06. The maximum Gasteiger partial charge on any atom is 0.631 e. The lowest BCUT2D eigenvalue weighted by Gasteiger charge is -1.80. The molecule has 0 aromatic rings. The minimum absolute atomic E-state index is 0.167. The number of hydrogen-bond acceptors (Lipinski definition) is 6. The first kappa shape index (κ1) is 24.9. The molecular weight excluding hydrogens is 215 g/mol. The van der Waals surface area contributed by atoms with Crippen LogP contribution in [-0.2, 0) is 0 Å². The van der Waals surface area contributed by atoms with Gasteiger partial charge in [0.1, 0.15) is 0 Å². The fourth-order valence-electron chi connectivity index (χ4n) is 0. The van der Waals surface area contributed by atoms with Crippen LogP contribution in [0.15, 0.2) is 0 Å². The molecule has 0 radical (unpaired) electrons. The molecule has 0 aromatic carbocycles. The Hall–Kier alpha value is -0.175. The number of rotatable bonds is 0. The highest BCUT2D eigenvalue weighted by atomic mass is 16.5. The van der Waals surface area contributed by atoms with Crippen molar-refractivity contribution in [1.82, 2.24) is 0 Å². The van der Waals surface area contributed by atoms with E-state index in [-0.39, 0.29) is 18.3 Å². The monoisotopic (exact) mass is 242 g/mol. The molecule has 0 aliphatic rings. The van der Waals surface area contributed by atoms with Gasteiger partial charge in [-0.2, -0.15) is 0 Å². The van der Waals surface area contributed by atoms with Gasteiger partial charge in [0.2, 0.25) is 0 Å². The molecule has 0 aliphatic carbocycles. The Morgan fingerprint density at radius 2 is 0.562 bits per heavy atom. The molecule has 7 heteroatoms. The largest absolute Gasteiger partial charge is 0.631 e. The fourth-order valence-corrected chi connectivity index (χ4v) is 0. The lowest BCUT2D eigenvalue weighted by Crippen LogP contribution is -2.07. The second kappa shape index (κ2) is 20.3. The van der Waals surface area contributed by atoms with Gasteiger partial charge in [-0.25, -0.2) is 0 Å². The average Bonchev–Trinajstić information content (AvgIpc) is 1.76. The fraction of sp³-hybridized carbons (Fsp3) is 1.00. The molecule has 0 saturated carbocycles. The van der Waals surface area contributed by atoms with E-state index in [1.54, 1.807) is 41.5 Å². The van der Waals surface area contributed by atoms with Crippen molar-refractivity contribution in [2.75, 3.05) is 0 Å². The van der Waals surface area contributed by atoms with Gasteiger partial charge in [0, 0.05) is 18.3 Å². The Labute approximate surface area is 98.4 Å². The average molecular weight is 242 g/mol. The second-order valence-electron chi connectivity index (χ2n) is 3.63. The zero-order chi connectivity index (χ0) is 14.3. The van der Waals surface area contributed by atoms with Crippen LogP contribution >= 0.6 is 0 Å². The SMILES string of the molecule is CC(C)O.CC(C)O.CC(C)O.OB(O)O. The van der Waals surface area contributed by atoms with Gasteiger partial charge in [-0.1, -0.05) is 0 Å². The molecule has 0 unspecified atom stereocenters. The van der Waals surface area contributed by atoms with Crippen LogP contribution in [0.5, 0.6) is 0 Å². The molecule has 0 rings (SSSR count). The molecule has 0 heterocycles. The highest BCUT2D eigenvalue weighted by molar-refractivity contribution is 6.30. The van der Waals surface area contributed by atoms with Crippen LogP contribution in [-0.4, -0.2) is 56.0 Å². The minimum atomic E-state index is -2.17. The minimum Gasteiger partial charge on any atom is -0.402 e. The summed E-state index contributed by atoms with van der Waals surface area (Å²) in [7, 11) is -2.17. The summed E-state index contributed by atoms with van der Waals surface area (Å²) in [5, 5.41) is 45.7. The number of aliphatic hydroxyl groups is 3. The van der Waals surface area contributed by atoms with Crippen molar-refractivity contribution in [3.05, 3.63) is 0 Å². The first-order valence-corrected chi connectivity index (χ1v) is 5.01. The van der Waals surface area contributed by atoms with Gasteiger partial charge in [-0.15, -0.1) is 0 Å². The van der Waals surface area contributed by atoms with E-state index in [1.165, 1.54) is 0 Å². The summed E-state index contributed by atoms with van der Waals surface area (Å²) in [6.45, 7) is 10.3. The molecule has 16 heavy (non-hydrogen) atoms. The first-order valence-electron chi connectivity index (χ1n) is 5.01. The normalized spacial score (nSPS) is 8.44. The zero-order valence-corrected chi connectivity index (χ0v) is 11.0. The van der Waals surface area contributed by atoms with Crippen LogP contribution in [0.25, 0.3) is 0 Å². The smallest absolute Gasteiger partial charge is 0.402 e. The quantitative estimate of drug-likeness (QED) is 0.306. The predicted octanol–water partition coefficient (Wildman–Crippen LogP) is -0.890. The molecule has 6 nitrogen and oxygen atoms in total. The molecule has 0 aliphatic heterocycles. The van der Waals surface area contributed by atoms with E-state index in [9.17, 15) is 0 Å². The van der Waals surface area contributed by atoms with E-state index >= 15 is 0 Å². The van der Waals surface area contributed by atoms with Crippen molar-refractivity contribution in [2.24, 2.45) is 0 Å². The highest BCUT2D eigenvalue weighted by Gasteiger charge is 1.92. The van der Waals surface area contributed by atoms with Gasteiger partial charge in [-0.3, -0.25) is 0 Å². The summed E-state index contributed by atoms with van der Waals surface area (Å²) < 4.78 is 0. The van der Waals surface area contributed by atoms with Crippen molar-refractivity contribution >= 4 is 7.32 Å². The molecular formula is C9H27BO6. The van der Waals surface area contributed by atoms with Gasteiger partial charge < -0.3 is 30.4 Å². The third kappa shape index (κ3) is 74200. The molecule has 0 bridgehead atoms. The summed E-state index contributed by atoms with van der Waals surface area (Å²) in [5.41, 5.74) is 0. The molecule has 102 valence electrons. The van der Waals surface area contributed by atoms with E-state index in [1.807, 2.05) is 0 Å². The third-order valence-corrected chi connectivity index (χ3v) is 0. The van der Waals surface area contributed by atoms with Crippen LogP contribution in [0, 0.1) is 0 Å². The van der Waals surface area contributed by atoms with Crippen LogP contribution in [0.4, 0.5) is 0 Å². The summed E-state index contributed by atoms with van der Waals surface area (Å²) in [4.78, 5) is 0. The first-order chi connectivity index (χ1) is 6.93. The maximum atomic E-state index is 8.06. The van der Waals surface area contributed by atoms with Gasteiger partial charge >= 0.3 is 7.32 Å². The van der Waals surface area contributed by atoms with Crippen molar-refractivity contribution < 1.29 is 30.4 Å². The van der Waals surface area contributed by atoms with Crippen LogP contribution in [0.3, 0.4) is 0 Å². The van der Waals surface area contributed by atoms with E-state index in [0.717, 1.165) is 0 Å². The van der Waals surface area contributed by atoms with Gasteiger partial charge in [0.25, 0.3) is 0 Å². The molecule has 0 spiro atoms. The van der Waals surface area contributed by atoms with E-state index in [0.29, 0.717) is 0 Å².